The van der Waals surface area contributed by atoms with Crippen molar-refractivity contribution in [2.45, 2.75) is 60.3 Å². The van der Waals surface area contributed by atoms with Gasteiger partial charge in [0.15, 0.2) is 0 Å². The molecule has 110 valence electrons. The molecule has 1 N–H and O–H groups in total. The molecule has 0 heterocycles. The minimum Gasteiger partial charge on any atom is -0.317 e. The zero-order valence-electron chi connectivity index (χ0n) is 13.9. The summed E-state index contributed by atoms with van der Waals surface area (Å²) in [6, 6.07) is 0. The van der Waals surface area contributed by atoms with Gasteiger partial charge in [0.2, 0.25) is 0 Å². The van der Waals surface area contributed by atoms with Crippen LogP contribution in [0, 0.1) is 10.8 Å². The van der Waals surface area contributed by atoms with Crippen molar-refractivity contribution in [1.82, 2.24) is 10.2 Å². The third kappa shape index (κ3) is 12.4. The SMILES string of the molecule is CN(C)CCC(C)(C)CCCNCCC(C)(C)C. The average Bonchev–Trinajstić information content (AvgIpc) is 2.19. The molecule has 0 aliphatic carbocycles. The van der Waals surface area contributed by atoms with Crippen LogP contribution >= 0.6 is 0 Å². The highest BCUT2D eigenvalue weighted by Gasteiger charge is 2.17. The summed E-state index contributed by atoms with van der Waals surface area (Å²) in [5, 5.41) is 3.57. The monoisotopic (exact) mass is 256 g/mol. The van der Waals surface area contributed by atoms with E-state index in [1.165, 1.54) is 38.8 Å². The number of nitrogens with one attached hydrogen (secondary N) is 1. The van der Waals surface area contributed by atoms with Crippen molar-refractivity contribution in [1.29, 1.82) is 0 Å². The summed E-state index contributed by atoms with van der Waals surface area (Å²) in [6.07, 6.45) is 5.17. The number of nitrogens with zero attached hydrogens (tertiary/aromatic N) is 1. The molecule has 0 spiro atoms. The summed E-state index contributed by atoms with van der Waals surface area (Å²) < 4.78 is 0. The minimum atomic E-state index is 0.456. The molecule has 0 saturated heterocycles. The molecular weight excluding hydrogens is 220 g/mol. The summed E-state index contributed by atoms with van der Waals surface area (Å²) >= 11 is 0. The molecule has 0 bridgehead atoms. The molecule has 0 aliphatic rings. The van der Waals surface area contributed by atoms with Crippen molar-refractivity contribution in [2.24, 2.45) is 10.8 Å². The lowest BCUT2D eigenvalue weighted by Gasteiger charge is -2.26. The largest absolute Gasteiger partial charge is 0.317 e. The molecule has 2 nitrogen and oxygen atoms in total. The van der Waals surface area contributed by atoms with E-state index < -0.39 is 0 Å². The van der Waals surface area contributed by atoms with Gasteiger partial charge in [0, 0.05) is 0 Å². The molecule has 0 fully saturated rings. The van der Waals surface area contributed by atoms with Crippen molar-refractivity contribution < 1.29 is 0 Å². The fraction of sp³-hybridized carbons (Fsp3) is 1.00. The first-order valence-electron chi connectivity index (χ1n) is 7.48. The molecule has 0 aromatic heterocycles. The Morgan fingerprint density at radius 1 is 0.833 bits per heavy atom. The molecule has 0 radical (unpaired) electrons. The zero-order chi connectivity index (χ0) is 14.2. The van der Waals surface area contributed by atoms with Crippen LogP contribution in [0.4, 0.5) is 0 Å². The maximum absolute atomic E-state index is 3.57. The van der Waals surface area contributed by atoms with Gasteiger partial charge in [-0.1, -0.05) is 34.6 Å². The Hall–Kier alpha value is -0.0800. The fourth-order valence-electron chi connectivity index (χ4n) is 1.93. The maximum atomic E-state index is 3.57. The molecular formula is C16H36N2. The predicted octanol–water partition coefficient (Wildman–Crippen LogP) is 3.77. The lowest BCUT2D eigenvalue weighted by molar-refractivity contribution is 0.251. The number of hydrogen-bond donors (Lipinski definition) is 1. The van der Waals surface area contributed by atoms with E-state index >= 15 is 0 Å². The van der Waals surface area contributed by atoms with Gasteiger partial charge in [-0.3, -0.25) is 0 Å². The second-order valence-corrected chi connectivity index (χ2v) is 7.88. The van der Waals surface area contributed by atoms with Crippen LogP contribution in [-0.4, -0.2) is 38.6 Å². The van der Waals surface area contributed by atoms with Gasteiger partial charge in [0.25, 0.3) is 0 Å². The average molecular weight is 256 g/mol. The van der Waals surface area contributed by atoms with Gasteiger partial charge >= 0.3 is 0 Å². The normalized spacial score (nSPS) is 13.3. The van der Waals surface area contributed by atoms with E-state index in [0.717, 1.165) is 6.54 Å². The van der Waals surface area contributed by atoms with Crippen molar-refractivity contribution in [3.05, 3.63) is 0 Å². The van der Waals surface area contributed by atoms with E-state index in [4.69, 9.17) is 0 Å². The van der Waals surface area contributed by atoms with E-state index in [1.54, 1.807) is 0 Å². The van der Waals surface area contributed by atoms with E-state index in [9.17, 15) is 0 Å². The second kappa shape index (κ2) is 8.16. The van der Waals surface area contributed by atoms with Gasteiger partial charge in [-0.2, -0.15) is 0 Å². The lowest BCUT2D eigenvalue weighted by Crippen LogP contribution is -2.25. The molecule has 0 aromatic rings. The first-order chi connectivity index (χ1) is 8.12. The van der Waals surface area contributed by atoms with Gasteiger partial charge in [-0.15, -0.1) is 0 Å². The van der Waals surface area contributed by atoms with Gasteiger partial charge in [0.1, 0.15) is 0 Å². The Morgan fingerprint density at radius 3 is 1.94 bits per heavy atom. The van der Waals surface area contributed by atoms with Crippen LogP contribution in [0.15, 0.2) is 0 Å². The van der Waals surface area contributed by atoms with E-state index in [1.807, 2.05) is 0 Å². The van der Waals surface area contributed by atoms with Crippen LogP contribution in [0.3, 0.4) is 0 Å². The highest BCUT2D eigenvalue weighted by atomic mass is 15.0. The first-order valence-corrected chi connectivity index (χ1v) is 7.48. The summed E-state index contributed by atoms with van der Waals surface area (Å²) in [5.74, 6) is 0. The van der Waals surface area contributed by atoms with Gasteiger partial charge in [0.05, 0.1) is 0 Å². The predicted molar refractivity (Wildman–Crippen MR) is 83.1 cm³/mol. The Labute approximate surface area is 116 Å². The van der Waals surface area contributed by atoms with Crippen LogP contribution in [0.5, 0.6) is 0 Å². The third-order valence-corrected chi connectivity index (χ3v) is 3.49. The molecule has 0 aromatic carbocycles. The van der Waals surface area contributed by atoms with Gasteiger partial charge in [-0.05, 0) is 70.2 Å². The van der Waals surface area contributed by atoms with E-state index in [2.05, 4.69) is 58.9 Å². The first kappa shape index (κ1) is 17.9. The second-order valence-electron chi connectivity index (χ2n) is 7.88. The maximum Gasteiger partial charge on any atom is -0.00197 e. The zero-order valence-corrected chi connectivity index (χ0v) is 13.9. The van der Waals surface area contributed by atoms with Crippen molar-refractivity contribution in [3.63, 3.8) is 0 Å². The topological polar surface area (TPSA) is 15.3 Å². The van der Waals surface area contributed by atoms with Crippen molar-refractivity contribution in [2.75, 3.05) is 33.7 Å². The Balaban J connectivity index is 3.52. The van der Waals surface area contributed by atoms with Crippen LogP contribution in [0.2, 0.25) is 0 Å². The Morgan fingerprint density at radius 2 is 1.44 bits per heavy atom. The van der Waals surface area contributed by atoms with Gasteiger partial charge in [-0.25, -0.2) is 0 Å². The molecule has 0 amide bonds. The number of rotatable bonds is 9. The van der Waals surface area contributed by atoms with Crippen LogP contribution in [0.1, 0.15) is 60.3 Å². The molecule has 0 atom stereocenters. The smallest absolute Gasteiger partial charge is 0.00197 e. The Kier molecular flexibility index (Phi) is 8.13. The summed E-state index contributed by atoms with van der Waals surface area (Å²) in [7, 11) is 4.31. The van der Waals surface area contributed by atoms with Crippen molar-refractivity contribution in [3.8, 4) is 0 Å². The van der Waals surface area contributed by atoms with E-state index in [-0.39, 0.29) is 0 Å². The quantitative estimate of drug-likeness (QED) is 0.632. The van der Waals surface area contributed by atoms with Crippen molar-refractivity contribution >= 4 is 0 Å². The molecule has 0 aliphatic heterocycles. The molecule has 18 heavy (non-hydrogen) atoms. The van der Waals surface area contributed by atoms with Gasteiger partial charge < -0.3 is 10.2 Å². The van der Waals surface area contributed by atoms with Crippen LogP contribution in [-0.2, 0) is 0 Å². The summed E-state index contributed by atoms with van der Waals surface area (Å²) in [5.41, 5.74) is 0.938. The minimum absolute atomic E-state index is 0.456. The molecule has 0 rings (SSSR count). The Bertz CT molecular complexity index is 202. The molecule has 0 unspecified atom stereocenters. The highest BCUT2D eigenvalue weighted by Crippen LogP contribution is 2.26. The molecule has 2 heteroatoms. The highest BCUT2D eigenvalue weighted by molar-refractivity contribution is 4.71. The fourth-order valence-corrected chi connectivity index (χ4v) is 1.93. The van der Waals surface area contributed by atoms with E-state index in [0.29, 0.717) is 10.8 Å². The lowest BCUT2D eigenvalue weighted by atomic mass is 9.84. The summed E-state index contributed by atoms with van der Waals surface area (Å²) in [6.45, 7) is 15.2. The third-order valence-electron chi connectivity index (χ3n) is 3.49. The van der Waals surface area contributed by atoms with Crippen LogP contribution in [0.25, 0.3) is 0 Å². The standard InChI is InChI=1S/C16H36N2/c1-15(2,3)10-13-17-12-8-9-16(4,5)11-14-18(6)7/h17H,8-14H2,1-7H3. The van der Waals surface area contributed by atoms with Crippen LogP contribution < -0.4 is 5.32 Å². The summed E-state index contributed by atoms with van der Waals surface area (Å²) in [4.78, 5) is 2.28. The molecule has 0 saturated carbocycles. The number of hydrogen-bond acceptors (Lipinski definition) is 2.